The third-order valence-electron chi connectivity index (χ3n) is 6.76. The number of Topliss-reactive ketones (excluding diaryl/α,β-unsaturated/α-hetero) is 1. The number of hydrogen-bond donors (Lipinski definition) is 2. The fourth-order valence-corrected chi connectivity index (χ4v) is 6.93. The molecule has 3 aliphatic rings. The summed E-state index contributed by atoms with van der Waals surface area (Å²) in [6.07, 6.45) is 0.156. The van der Waals surface area contributed by atoms with Crippen molar-refractivity contribution in [2.75, 3.05) is 25.4 Å². The van der Waals surface area contributed by atoms with Gasteiger partial charge in [0, 0.05) is 24.9 Å². The van der Waals surface area contributed by atoms with Crippen LogP contribution in [0.4, 0.5) is 9.93 Å². The lowest BCUT2D eigenvalue weighted by Crippen LogP contribution is -2.65. The number of ether oxygens (including phenoxy) is 1. The fraction of sp³-hybridized carbons (Fsp3) is 0.625. The van der Waals surface area contributed by atoms with Crippen LogP contribution in [0.15, 0.2) is 10.5 Å². The number of thiazole rings is 1. The predicted octanol–water partition coefficient (Wildman–Crippen LogP) is 0.381. The van der Waals surface area contributed by atoms with E-state index in [1.54, 1.807) is 20.8 Å². The molecule has 0 saturated carbocycles. The highest BCUT2D eigenvalue weighted by atomic mass is 32.2. The maximum Gasteiger partial charge on any atom is 0.378 e. The van der Waals surface area contributed by atoms with Gasteiger partial charge in [0.25, 0.3) is 0 Å². The molecule has 226 valence electrons. The molecule has 4 N–H and O–H groups in total. The molecule has 3 atom stereocenters. The fourth-order valence-electron chi connectivity index (χ4n) is 4.64. The smallest absolute Gasteiger partial charge is 0.378 e. The van der Waals surface area contributed by atoms with E-state index in [0.29, 0.717) is 13.0 Å². The Hall–Kier alpha value is -3.38. The number of esters is 1. The van der Waals surface area contributed by atoms with Crippen molar-refractivity contribution in [3.63, 3.8) is 0 Å². The molecule has 2 radical (unpaired) electrons. The lowest BCUT2D eigenvalue weighted by atomic mass is 9.90. The molecular weight excluding hydrogens is 589 g/mol. The van der Waals surface area contributed by atoms with E-state index in [0.717, 1.165) is 28.1 Å². The van der Waals surface area contributed by atoms with Crippen LogP contribution >= 0.6 is 23.1 Å². The number of nitrogens with zero attached hydrogens (tertiary/aromatic N) is 5. The van der Waals surface area contributed by atoms with Crippen molar-refractivity contribution in [3.8, 4) is 0 Å². The minimum atomic E-state index is -1.64. The minimum absolute atomic E-state index is 0.105. The first-order valence-corrected chi connectivity index (χ1v) is 14.7. The zero-order chi connectivity index (χ0) is 31.2. The summed E-state index contributed by atoms with van der Waals surface area (Å²) in [5.74, 6) is 2.28. The van der Waals surface area contributed by atoms with E-state index >= 15 is 0 Å². The molecule has 3 fully saturated rings. The van der Waals surface area contributed by atoms with Gasteiger partial charge in [-0.1, -0.05) is 16.9 Å². The Labute approximate surface area is 251 Å². The SMILES string of the molecule is [B]OC(=O)[C@@]1(N2CCCN(N)C2=O)CN2C(=O)C(CC(=O)/C(=N\OC(C)(C)C(=O)OC(C)(C)C)c3csc(N)n3)[C@H]2S1. The molecule has 4 rings (SSSR count). The number of amides is 3. The number of aromatic nitrogens is 1. The van der Waals surface area contributed by atoms with Gasteiger partial charge in [-0.15, -0.1) is 11.3 Å². The largest absolute Gasteiger partial charge is 0.541 e. The van der Waals surface area contributed by atoms with Crippen LogP contribution in [0.5, 0.6) is 0 Å². The summed E-state index contributed by atoms with van der Waals surface area (Å²) in [5, 5.41) is 5.97. The number of β-lactam (4-membered cyclic amide) rings is 1. The van der Waals surface area contributed by atoms with Gasteiger partial charge < -0.3 is 24.9 Å². The predicted molar refractivity (Wildman–Crippen MR) is 152 cm³/mol. The summed E-state index contributed by atoms with van der Waals surface area (Å²) in [4.78, 5) is 75.8. The first-order valence-electron chi connectivity index (χ1n) is 13.0. The lowest BCUT2D eigenvalue weighted by molar-refractivity contribution is -0.179. The van der Waals surface area contributed by atoms with Crippen molar-refractivity contribution in [1.29, 1.82) is 0 Å². The Morgan fingerprint density at radius 1 is 1.21 bits per heavy atom. The van der Waals surface area contributed by atoms with Crippen LogP contribution in [0, 0.1) is 5.92 Å². The maximum atomic E-state index is 13.6. The molecule has 0 aromatic carbocycles. The lowest BCUT2D eigenvalue weighted by Gasteiger charge is -2.42. The zero-order valence-corrected chi connectivity index (χ0v) is 25.5. The van der Waals surface area contributed by atoms with Gasteiger partial charge in [0.1, 0.15) is 11.3 Å². The third kappa shape index (κ3) is 5.92. The molecule has 1 unspecified atom stereocenters. The number of carbonyl (C=O) groups is 5. The van der Waals surface area contributed by atoms with E-state index in [1.165, 1.54) is 29.0 Å². The van der Waals surface area contributed by atoms with Gasteiger partial charge in [0.2, 0.25) is 16.4 Å². The van der Waals surface area contributed by atoms with Crippen LogP contribution in [0.2, 0.25) is 0 Å². The highest BCUT2D eigenvalue weighted by molar-refractivity contribution is 8.02. The molecule has 3 aliphatic heterocycles. The number of ketones is 1. The van der Waals surface area contributed by atoms with Gasteiger partial charge in [0.05, 0.1) is 17.8 Å². The number of hydrazine groups is 1. The molecule has 1 aromatic heterocycles. The van der Waals surface area contributed by atoms with E-state index < -0.39 is 57.0 Å². The Morgan fingerprint density at radius 3 is 2.50 bits per heavy atom. The molecule has 15 nitrogen and oxygen atoms in total. The van der Waals surface area contributed by atoms with Gasteiger partial charge in [-0.25, -0.2) is 20.4 Å². The molecule has 0 bridgehead atoms. The number of oxime groups is 1. The highest BCUT2D eigenvalue weighted by Crippen LogP contribution is 2.53. The molecule has 42 heavy (non-hydrogen) atoms. The van der Waals surface area contributed by atoms with E-state index in [4.69, 9.17) is 29.2 Å². The van der Waals surface area contributed by atoms with Crippen LogP contribution in [-0.2, 0) is 33.4 Å². The summed E-state index contributed by atoms with van der Waals surface area (Å²) >= 11 is 2.07. The monoisotopic (exact) mass is 621 g/mol. The molecule has 0 spiro atoms. The first-order chi connectivity index (χ1) is 19.5. The summed E-state index contributed by atoms with van der Waals surface area (Å²) in [6, 6.07) is -0.609. The number of nitrogens with two attached hydrogens (primary N) is 2. The molecule has 1 aromatic rings. The number of fused-ring (bicyclic) bond motifs is 1. The Bertz CT molecular complexity index is 1330. The van der Waals surface area contributed by atoms with Crippen LogP contribution in [-0.4, -0.2) is 104 Å². The average molecular weight is 622 g/mol. The normalized spacial score (nSPS) is 24.7. The quantitative estimate of drug-likeness (QED) is 0.0732. The van der Waals surface area contributed by atoms with Crippen molar-refractivity contribution in [2.45, 2.75) is 68.9 Å². The molecule has 3 saturated heterocycles. The zero-order valence-electron chi connectivity index (χ0n) is 23.8. The molecule has 4 heterocycles. The van der Waals surface area contributed by atoms with Gasteiger partial charge >= 0.3 is 26.0 Å². The Kier molecular flexibility index (Phi) is 8.54. The number of hydrogen-bond acceptors (Lipinski definition) is 14. The summed E-state index contributed by atoms with van der Waals surface area (Å²) in [5.41, 5.74) is 3.28. The number of rotatable bonds is 9. The van der Waals surface area contributed by atoms with Crippen molar-refractivity contribution in [2.24, 2.45) is 16.9 Å². The second kappa shape index (κ2) is 11.4. The van der Waals surface area contributed by atoms with Crippen molar-refractivity contribution in [1.82, 2.24) is 19.8 Å². The Balaban J connectivity index is 1.56. The average Bonchev–Trinajstić information content (AvgIpc) is 3.50. The van der Waals surface area contributed by atoms with Crippen LogP contribution in [0.3, 0.4) is 0 Å². The second-order valence-electron chi connectivity index (χ2n) is 11.5. The summed E-state index contributed by atoms with van der Waals surface area (Å²) < 4.78 is 9.93. The van der Waals surface area contributed by atoms with E-state index in [2.05, 4.69) is 14.8 Å². The maximum absolute atomic E-state index is 13.6. The van der Waals surface area contributed by atoms with Gasteiger partial charge in [-0.05, 0) is 41.0 Å². The van der Waals surface area contributed by atoms with E-state index in [9.17, 15) is 24.0 Å². The standard InChI is InChI=1S/C24H32BN7O8S2/c1-22(2,3)38-18(35)23(4,5)40-29-15(13-10-41-20(26)28-13)14(33)9-12-16(34)30-11-24(19(36)39-25,42-17(12)30)31-7-6-8-32(27)21(31)37/h10,12,17H,6-9,11,27H2,1-5H3,(H2,26,28)/b29-15-/t12?,17-,24-/m1/s1. The minimum Gasteiger partial charge on any atom is -0.541 e. The van der Waals surface area contributed by atoms with Crippen LogP contribution in [0.25, 0.3) is 0 Å². The number of carbonyl (C=O) groups excluding carboxylic acids is 5. The van der Waals surface area contributed by atoms with Gasteiger partial charge in [-0.2, -0.15) is 0 Å². The molecular formula is C24H32BN7O8S2. The van der Waals surface area contributed by atoms with Crippen molar-refractivity contribution in [3.05, 3.63) is 11.1 Å². The Morgan fingerprint density at radius 2 is 1.90 bits per heavy atom. The number of nitrogen functional groups attached to an aromatic ring is 1. The first kappa shape index (κ1) is 31.6. The number of anilines is 1. The van der Waals surface area contributed by atoms with Gasteiger partial charge in [0.15, 0.2) is 16.6 Å². The molecule has 3 amide bonds. The van der Waals surface area contributed by atoms with Crippen LogP contribution < -0.4 is 11.6 Å². The highest BCUT2D eigenvalue weighted by Gasteiger charge is 2.65. The topological polar surface area (TPSA) is 200 Å². The van der Waals surface area contributed by atoms with E-state index in [1.807, 2.05) is 0 Å². The second-order valence-corrected chi connectivity index (χ2v) is 13.8. The van der Waals surface area contributed by atoms with E-state index in [-0.39, 0.29) is 36.0 Å². The number of thioether (sulfide) groups is 1. The third-order valence-corrected chi connectivity index (χ3v) is 9.17. The summed E-state index contributed by atoms with van der Waals surface area (Å²) in [7, 11) is 5.23. The van der Waals surface area contributed by atoms with Crippen molar-refractivity contribution >= 4 is 71.7 Å². The van der Waals surface area contributed by atoms with Crippen LogP contribution in [0.1, 0.15) is 53.2 Å². The van der Waals surface area contributed by atoms with Crippen molar-refractivity contribution < 1.29 is 38.2 Å². The number of urea groups is 1. The molecule has 0 aliphatic carbocycles. The summed E-state index contributed by atoms with van der Waals surface area (Å²) in [6.45, 7) is 8.28. The van der Waals surface area contributed by atoms with Gasteiger partial charge in [-0.3, -0.25) is 24.3 Å². The molecule has 18 heteroatoms.